The molecule has 0 radical (unpaired) electrons. The molecule has 0 atom stereocenters. The molecule has 118 valence electrons. The fourth-order valence-electron chi connectivity index (χ4n) is 2.20. The van der Waals surface area contributed by atoms with Crippen LogP contribution in [0.15, 0.2) is 52.4 Å². The normalized spacial score (nSPS) is 11.8. The minimum atomic E-state index is -1.01. The van der Waals surface area contributed by atoms with Gasteiger partial charge in [-0.05, 0) is 41.2 Å². The van der Waals surface area contributed by atoms with Crippen LogP contribution in [-0.2, 0) is 4.79 Å². The number of aliphatic carboxylic acids is 1. The first-order chi connectivity index (χ1) is 10.9. The summed E-state index contributed by atoms with van der Waals surface area (Å²) in [7, 11) is 0. The fraction of sp³-hybridized carbons (Fsp3) is 0.188. The van der Waals surface area contributed by atoms with Gasteiger partial charge in [0.1, 0.15) is 4.75 Å². The Balaban J connectivity index is 2.17. The molecule has 7 heteroatoms. The summed E-state index contributed by atoms with van der Waals surface area (Å²) in [6, 6.07) is 14.0. The van der Waals surface area contributed by atoms with Crippen molar-refractivity contribution in [1.82, 2.24) is 14.8 Å². The van der Waals surface area contributed by atoms with E-state index in [0.717, 1.165) is 28.2 Å². The minimum Gasteiger partial charge on any atom is -0.480 e. The van der Waals surface area contributed by atoms with Crippen LogP contribution in [0.5, 0.6) is 0 Å². The van der Waals surface area contributed by atoms with E-state index >= 15 is 0 Å². The lowest BCUT2D eigenvalue weighted by Crippen LogP contribution is -2.27. The van der Waals surface area contributed by atoms with Gasteiger partial charge >= 0.3 is 5.97 Å². The Morgan fingerprint density at radius 1 is 1.17 bits per heavy atom. The molecule has 5 nitrogen and oxygen atoms in total. The first-order valence-electron chi connectivity index (χ1n) is 6.91. The summed E-state index contributed by atoms with van der Waals surface area (Å²) in [5.74, 6) is -0.897. The van der Waals surface area contributed by atoms with Crippen LogP contribution in [-0.4, -0.2) is 30.6 Å². The highest BCUT2D eigenvalue weighted by molar-refractivity contribution is 9.10. The van der Waals surface area contributed by atoms with Crippen molar-refractivity contribution in [2.45, 2.75) is 23.8 Å². The van der Waals surface area contributed by atoms with Gasteiger partial charge in [0.05, 0.1) is 5.69 Å². The molecule has 0 unspecified atom stereocenters. The molecule has 0 saturated heterocycles. The first kappa shape index (κ1) is 16.0. The molecule has 1 aromatic heterocycles. The molecule has 0 fully saturated rings. The molecule has 3 aromatic rings. The van der Waals surface area contributed by atoms with Gasteiger partial charge in [-0.15, -0.1) is 10.2 Å². The van der Waals surface area contributed by atoms with Gasteiger partial charge in [0.2, 0.25) is 4.73 Å². The smallest absolute Gasteiger partial charge is 0.319 e. The number of nitrogens with zero attached hydrogens (tertiary/aromatic N) is 3. The Morgan fingerprint density at radius 2 is 1.87 bits per heavy atom. The molecule has 23 heavy (non-hydrogen) atoms. The van der Waals surface area contributed by atoms with E-state index in [1.165, 1.54) is 0 Å². The minimum absolute atomic E-state index is 0.528. The number of fused-ring (bicyclic) bond motifs is 1. The van der Waals surface area contributed by atoms with E-state index < -0.39 is 10.7 Å². The summed E-state index contributed by atoms with van der Waals surface area (Å²) < 4.78 is 1.37. The van der Waals surface area contributed by atoms with Gasteiger partial charge in [0.15, 0.2) is 5.16 Å². The van der Waals surface area contributed by atoms with E-state index in [0.29, 0.717) is 9.89 Å². The van der Waals surface area contributed by atoms with E-state index in [1.54, 1.807) is 13.8 Å². The van der Waals surface area contributed by atoms with Gasteiger partial charge in [0, 0.05) is 5.39 Å². The van der Waals surface area contributed by atoms with Crippen molar-refractivity contribution in [2.24, 2.45) is 0 Å². The summed E-state index contributed by atoms with van der Waals surface area (Å²) in [4.78, 5) is 11.4. The summed E-state index contributed by atoms with van der Waals surface area (Å²) in [6.45, 7) is 3.30. The Kier molecular flexibility index (Phi) is 4.16. The monoisotopic (exact) mass is 391 g/mol. The number of aromatic nitrogens is 3. The van der Waals surface area contributed by atoms with Gasteiger partial charge in [-0.3, -0.25) is 9.36 Å². The summed E-state index contributed by atoms with van der Waals surface area (Å²) >= 11 is 4.58. The summed E-state index contributed by atoms with van der Waals surface area (Å²) in [5, 5.41) is 20.2. The topological polar surface area (TPSA) is 68.0 Å². The average Bonchev–Trinajstić information content (AvgIpc) is 2.86. The summed E-state index contributed by atoms with van der Waals surface area (Å²) in [6.07, 6.45) is 0. The van der Waals surface area contributed by atoms with Crippen molar-refractivity contribution in [3.8, 4) is 5.69 Å². The zero-order chi connectivity index (χ0) is 16.6. The van der Waals surface area contributed by atoms with E-state index in [9.17, 15) is 9.90 Å². The number of carboxylic acid groups (broad SMARTS) is 1. The largest absolute Gasteiger partial charge is 0.480 e. The molecule has 1 N–H and O–H groups in total. The lowest BCUT2D eigenvalue weighted by molar-refractivity contribution is -0.138. The third-order valence-corrected chi connectivity index (χ3v) is 5.11. The van der Waals surface area contributed by atoms with Crippen LogP contribution < -0.4 is 0 Å². The number of halogens is 1. The molecule has 0 amide bonds. The van der Waals surface area contributed by atoms with Crippen LogP contribution in [0.3, 0.4) is 0 Å². The Hall–Kier alpha value is -1.86. The number of rotatable bonds is 4. The van der Waals surface area contributed by atoms with Gasteiger partial charge in [-0.2, -0.15) is 0 Å². The van der Waals surface area contributed by atoms with Gasteiger partial charge in [-0.1, -0.05) is 48.2 Å². The van der Waals surface area contributed by atoms with Crippen LogP contribution >= 0.6 is 27.7 Å². The van der Waals surface area contributed by atoms with Gasteiger partial charge in [-0.25, -0.2) is 0 Å². The Labute approximate surface area is 145 Å². The zero-order valence-corrected chi connectivity index (χ0v) is 14.9. The maximum absolute atomic E-state index is 11.4. The Morgan fingerprint density at radius 3 is 2.61 bits per heavy atom. The lowest BCUT2D eigenvalue weighted by atomic mass is 10.1. The Bertz CT molecular complexity index is 887. The van der Waals surface area contributed by atoms with E-state index in [1.807, 2.05) is 47.0 Å². The predicted molar refractivity (Wildman–Crippen MR) is 94.1 cm³/mol. The maximum Gasteiger partial charge on any atom is 0.319 e. The lowest BCUT2D eigenvalue weighted by Gasteiger charge is -2.18. The molecule has 0 aliphatic carbocycles. The molecule has 0 aliphatic rings. The molecular weight excluding hydrogens is 378 g/mol. The second kappa shape index (κ2) is 5.98. The van der Waals surface area contributed by atoms with Crippen LogP contribution in [0.1, 0.15) is 13.8 Å². The number of carboxylic acids is 1. The zero-order valence-electron chi connectivity index (χ0n) is 12.5. The van der Waals surface area contributed by atoms with Crippen LogP contribution in [0, 0.1) is 0 Å². The van der Waals surface area contributed by atoms with E-state index in [2.05, 4.69) is 26.1 Å². The maximum atomic E-state index is 11.4. The third kappa shape index (κ3) is 2.98. The van der Waals surface area contributed by atoms with Crippen molar-refractivity contribution < 1.29 is 9.90 Å². The van der Waals surface area contributed by atoms with E-state index in [4.69, 9.17) is 0 Å². The average molecular weight is 392 g/mol. The highest BCUT2D eigenvalue weighted by Crippen LogP contribution is 2.35. The molecule has 0 saturated carbocycles. The molecule has 0 spiro atoms. The second-order valence-corrected chi connectivity index (χ2v) is 7.80. The predicted octanol–water partition coefficient (Wildman–Crippen LogP) is 4.14. The third-order valence-electron chi connectivity index (χ3n) is 3.46. The van der Waals surface area contributed by atoms with Gasteiger partial charge < -0.3 is 5.11 Å². The number of thioether (sulfide) groups is 1. The molecule has 0 bridgehead atoms. The molecular formula is C16H14BrN3O2S. The van der Waals surface area contributed by atoms with Crippen molar-refractivity contribution in [1.29, 1.82) is 0 Å². The first-order valence-corrected chi connectivity index (χ1v) is 8.52. The van der Waals surface area contributed by atoms with Crippen molar-refractivity contribution in [2.75, 3.05) is 0 Å². The van der Waals surface area contributed by atoms with Crippen LogP contribution in [0.4, 0.5) is 0 Å². The molecule has 1 heterocycles. The molecule has 3 rings (SSSR count). The van der Waals surface area contributed by atoms with Crippen LogP contribution in [0.25, 0.3) is 16.5 Å². The highest BCUT2D eigenvalue weighted by atomic mass is 79.9. The van der Waals surface area contributed by atoms with Crippen molar-refractivity contribution in [3.63, 3.8) is 0 Å². The standard InChI is InChI=1S/C16H14BrN3O2S/c1-16(2,13(21)22)23-15-19-18-14(17)20(15)12-9-5-7-10-6-3-4-8-11(10)12/h3-9H,1-2H3,(H,21,22). The summed E-state index contributed by atoms with van der Waals surface area (Å²) in [5.41, 5.74) is 0.906. The highest BCUT2D eigenvalue weighted by Gasteiger charge is 2.31. The van der Waals surface area contributed by atoms with Crippen molar-refractivity contribution in [3.05, 3.63) is 47.2 Å². The van der Waals surface area contributed by atoms with E-state index in [-0.39, 0.29) is 0 Å². The number of hydrogen-bond donors (Lipinski definition) is 1. The van der Waals surface area contributed by atoms with Crippen molar-refractivity contribution >= 4 is 44.4 Å². The number of benzene rings is 2. The SMILES string of the molecule is CC(C)(Sc1nnc(Br)n1-c1cccc2ccccc12)C(=O)O. The number of hydrogen-bond acceptors (Lipinski definition) is 4. The quantitative estimate of drug-likeness (QED) is 0.676. The van der Waals surface area contributed by atoms with Gasteiger partial charge in [0.25, 0.3) is 0 Å². The molecule has 0 aliphatic heterocycles. The second-order valence-electron chi connectivity index (χ2n) is 5.50. The number of carbonyl (C=O) groups is 1. The van der Waals surface area contributed by atoms with Crippen LogP contribution in [0.2, 0.25) is 0 Å². The fourth-order valence-corrected chi connectivity index (χ4v) is 3.65. The molecule has 2 aromatic carbocycles.